The molecule has 1 aliphatic rings. The topological polar surface area (TPSA) is 87.7 Å². The molecule has 2 unspecified atom stereocenters. The molecule has 17 heavy (non-hydrogen) atoms. The van der Waals surface area contributed by atoms with Crippen molar-refractivity contribution in [2.75, 3.05) is 6.54 Å². The molecule has 0 spiro atoms. The maximum absolute atomic E-state index is 11.5. The second-order valence-corrected chi connectivity index (χ2v) is 5.16. The van der Waals surface area contributed by atoms with Crippen molar-refractivity contribution in [3.63, 3.8) is 0 Å². The molecule has 6 heteroatoms. The summed E-state index contributed by atoms with van der Waals surface area (Å²) in [4.78, 5) is 22.5. The van der Waals surface area contributed by atoms with E-state index in [0.717, 1.165) is 6.42 Å². The number of piperidine rings is 1. The van der Waals surface area contributed by atoms with Crippen molar-refractivity contribution in [2.45, 2.75) is 51.3 Å². The first-order valence-corrected chi connectivity index (χ1v) is 5.75. The van der Waals surface area contributed by atoms with Crippen LogP contribution in [0.3, 0.4) is 0 Å². The number of nitrogens with one attached hydrogen (secondary N) is 2. The van der Waals surface area contributed by atoms with E-state index in [1.165, 1.54) is 0 Å². The van der Waals surface area contributed by atoms with Gasteiger partial charge < -0.3 is 20.5 Å². The Hall–Kier alpha value is -1.30. The lowest BCUT2D eigenvalue weighted by molar-refractivity contribution is -0.140. The maximum atomic E-state index is 11.5. The summed E-state index contributed by atoms with van der Waals surface area (Å²) in [7, 11) is 0. The number of hydrogen-bond acceptors (Lipinski definition) is 4. The van der Waals surface area contributed by atoms with Crippen LogP contribution in [-0.4, -0.2) is 41.4 Å². The zero-order chi connectivity index (χ0) is 13.1. The average Bonchev–Trinajstić information content (AvgIpc) is 2.14. The van der Waals surface area contributed by atoms with Gasteiger partial charge in [-0.2, -0.15) is 0 Å². The molecule has 1 amide bonds. The van der Waals surface area contributed by atoms with Crippen LogP contribution in [0.4, 0.5) is 4.79 Å². The molecule has 0 aromatic heterocycles. The van der Waals surface area contributed by atoms with Crippen molar-refractivity contribution in [1.82, 2.24) is 10.6 Å². The Labute approximate surface area is 101 Å². The van der Waals surface area contributed by atoms with Gasteiger partial charge in [0.05, 0.1) is 6.04 Å². The van der Waals surface area contributed by atoms with Crippen LogP contribution in [0.2, 0.25) is 0 Å². The Morgan fingerprint density at radius 3 is 2.59 bits per heavy atom. The van der Waals surface area contributed by atoms with E-state index in [0.29, 0.717) is 13.0 Å². The minimum Gasteiger partial charge on any atom is -0.480 e. The van der Waals surface area contributed by atoms with Gasteiger partial charge in [-0.1, -0.05) is 0 Å². The highest BCUT2D eigenvalue weighted by atomic mass is 16.6. The summed E-state index contributed by atoms with van der Waals surface area (Å²) in [6, 6.07) is -1.16. The fraction of sp³-hybridized carbons (Fsp3) is 0.818. The smallest absolute Gasteiger partial charge is 0.407 e. The molecule has 1 rings (SSSR count). The van der Waals surface area contributed by atoms with E-state index in [9.17, 15) is 9.59 Å². The fourth-order valence-corrected chi connectivity index (χ4v) is 1.76. The van der Waals surface area contributed by atoms with Crippen LogP contribution in [-0.2, 0) is 9.53 Å². The maximum Gasteiger partial charge on any atom is 0.407 e. The Bertz CT molecular complexity index is 298. The molecular formula is C11H20N2O4. The minimum absolute atomic E-state index is 0.420. The molecule has 1 fully saturated rings. The first-order chi connectivity index (χ1) is 7.79. The first kappa shape index (κ1) is 13.8. The van der Waals surface area contributed by atoms with Crippen LogP contribution in [0.15, 0.2) is 0 Å². The van der Waals surface area contributed by atoms with Gasteiger partial charge in [0.25, 0.3) is 0 Å². The summed E-state index contributed by atoms with van der Waals surface area (Å²) in [5.41, 5.74) is -0.578. The van der Waals surface area contributed by atoms with E-state index in [1.807, 2.05) is 0 Å². The summed E-state index contributed by atoms with van der Waals surface area (Å²) in [6.45, 7) is 5.95. The molecule has 1 heterocycles. The standard InChI is InChI=1S/C11H20N2O4/c1-11(2,3)17-10(16)13-7-5-4-6-12-8(7)9(14)15/h7-8,12H,4-6H2,1-3H3,(H,13,16)(H,14,15). The molecule has 0 bridgehead atoms. The Morgan fingerprint density at radius 2 is 2.06 bits per heavy atom. The molecule has 1 aliphatic heterocycles. The van der Waals surface area contributed by atoms with Crippen LogP contribution < -0.4 is 10.6 Å². The number of amides is 1. The number of rotatable bonds is 2. The van der Waals surface area contributed by atoms with Crippen molar-refractivity contribution in [2.24, 2.45) is 0 Å². The molecule has 0 radical (unpaired) electrons. The molecule has 98 valence electrons. The minimum atomic E-state index is -0.953. The van der Waals surface area contributed by atoms with E-state index in [4.69, 9.17) is 9.84 Å². The quantitative estimate of drug-likeness (QED) is 0.666. The molecular weight excluding hydrogens is 224 g/mol. The van der Waals surface area contributed by atoms with E-state index in [-0.39, 0.29) is 0 Å². The number of hydrogen-bond donors (Lipinski definition) is 3. The molecule has 0 aromatic carbocycles. The van der Waals surface area contributed by atoms with Gasteiger partial charge in [0.1, 0.15) is 11.6 Å². The lowest BCUT2D eigenvalue weighted by atomic mass is 9.99. The third-order valence-corrected chi connectivity index (χ3v) is 2.43. The monoisotopic (exact) mass is 244 g/mol. The van der Waals surface area contributed by atoms with Crippen LogP contribution in [0.5, 0.6) is 0 Å². The van der Waals surface area contributed by atoms with Gasteiger partial charge in [0.15, 0.2) is 0 Å². The second-order valence-electron chi connectivity index (χ2n) is 5.16. The SMILES string of the molecule is CC(C)(C)OC(=O)NC1CCCNC1C(=O)O. The van der Waals surface area contributed by atoms with E-state index in [2.05, 4.69) is 10.6 Å². The summed E-state index contributed by atoms with van der Waals surface area (Å²) in [6.07, 6.45) is 0.908. The zero-order valence-electron chi connectivity index (χ0n) is 10.4. The van der Waals surface area contributed by atoms with Crippen LogP contribution in [0, 0.1) is 0 Å². The predicted molar refractivity (Wildman–Crippen MR) is 61.8 cm³/mol. The fourth-order valence-electron chi connectivity index (χ4n) is 1.76. The number of aliphatic carboxylic acids is 1. The number of carboxylic acid groups (broad SMARTS) is 1. The molecule has 0 saturated carbocycles. The van der Waals surface area contributed by atoms with Gasteiger partial charge in [-0.25, -0.2) is 4.79 Å². The van der Waals surface area contributed by atoms with Crippen molar-refractivity contribution >= 4 is 12.1 Å². The van der Waals surface area contributed by atoms with Crippen LogP contribution in [0.1, 0.15) is 33.6 Å². The Morgan fingerprint density at radius 1 is 1.41 bits per heavy atom. The predicted octanol–water partition coefficient (Wildman–Crippen LogP) is 0.716. The normalized spacial score (nSPS) is 25.1. The van der Waals surface area contributed by atoms with E-state index < -0.39 is 29.7 Å². The largest absolute Gasteiger partial charge is 0.480 e. The van der Waals surface area contributed by atoms with E-state index >= 15 is 0 Å². The summed E-state index contributed by atoms with van der Waals surface area (Å²) < 4.78 is 5.10. The molecule has 6 nitrogen and oxygen atoms in total. The Kier molecular flexibility index (Phi) is 4.34. The zero-order valence-corrected chi connectivity index (χ0v) is 10.4. The van der Waals surface area contributed by atoms with E-state index in [1.54, 1.807) is 20.8 Å². The highest BCUT2D eigenvalue weighted by molar-refractivity contribution is 5.76. The summed E-state index contributed by atoms with van der Waals surface area (Å²) >= 11 is 0. The molecule has 3 N–H and O–H groups in total. The number of ether oxygens (including phenoxy) is 1. The van der Waals surface area contributed by atoms with Crippen LogP contribution >= 0.6 is 0 Å². The van der Waals surface area contributed by atoms with Gasteiger partial charge in [-0.15, -0.1) is 0 Å². The molecule has 0 aliphatic carbocycles. The lowest BCUT2D eigenvalue weighted by Crippen LogP contribution is -2.57. The van der Waals surface area contributed by atoms with Crippen LogP contribution in [0.25, 0.3) is 0 Å². The highest BCUT2D eigenvalue weighted by Gasteiger charge is 2.32. The Balaban J connectivity index is 2.53. The summed E-state index contributed by atoms with van der Waals surface area (Å²) in [5, 5.41) is 14.5. The third kappa shape index (κ3) is 4.60. The number of carboxylic acids is 1. The van der Waals surface area contributed by atoms with Gasteiger partial charge in [-0.3, -0.25) is 4.79 Å². The molecule has 0 aromatic rings. The number of carbonyl (C=O) groups excluding carboxylic acids is 1. The van der Waals surface area contributed by atoms with Gasteiger partial charge >= 0.3 is 12.1 Å². The highest BCUT2D eigenvalue weighted by Crippen LogP contribution is 2.11. The second kappa shape index (κ2) is 5.35. The third-order valence-electron chi connectivity index (χ3n) is 2.43. The van der Waals surface area contributed by atoms with Crippen molar-refractivity contribution in [3.8, 4) is 0 Å². The summed E-state index contributed by atoms with van der Waals surface area (Å²) in [5.74, 6) is -0.953. The van der Waals surface area contributed by atoms with Crippen molar-refractivity contribution < 1.29 is 19.4 Å². The van der Waals surface area contributed by atoms with Gasteiger partial charge in [0.2, 0.25) is 0 Å². The molecule has 1 saturated heterocycles. The van der Waals surface area contributed by atoms with Crippen molar-refractivity contribution in [1.29, 1.82) is 0 Å². The number of carbonyl (C=O) groups is 2. The van der Waals surface area contributed by atoms with Gasteiger partial charge in [-0.05, 0) is 40.2 Å². The molecule has 2 atom stereocenters. The average molecular weight is 244 g/mol. The van der Waals surface area contributed by atoms with Crippen molar-refractivity contribution in [3.05, 3.63) is 0 Å². The lowest BCUT2D eigenvalue weighted by Gasteiger charge is -2.31. The first-order valence-electron chi connectivity index (χ1n) is 5.75. The number of alkyl carbamates (subject to hydrolysis) is 1. The van der Waals surface area contributed by atoms with Gasteiger partial charge in [0, 0.05) is 0 Å².